The van der Waals surface area contributed by atoms with Gasteiger partial charge in [-0.25, -0.2) is 0 Å². The molecule has 2 heterocycles. The van der Waals surface area contributed by atoms with Crippen LogP contribution in [0.4, 0.5) is 5.69 Å². The van der Waals surface area contributed by atoms with Gasteiger partial charge in [0.05, 0.1) is 16.9 Å². The zero-order valence-corrected chi connectivity index (χ0v) is 17.8. The lowest BCUT2D eigenvalue weighted by Gasteiger charge is -2.34. The highest BCUT2D eigenvalue weighted by Gasteiger charge is 2.24. The van der Waals surface area contributed by atoms with Gasteiger partial charge in [0.2, 0.25) is 0 Å². The predicted molar refractivity (Wildman–Crippen MR) is 117 cm³/mol. The Morgan fingerprint density at radius 1 is 1.13 bits per heavy atom. The van der Waals surface area contributed by atoms with Gasteiger partial charge in [-0.15, -0.1) is 11.3 Å². The van der Waals surface area contributed by atoms with Crippen LogP contribution in [0.15, 0.2) is 42.5 Å². The summed E-state index contributed by atoms with van der Waals surface area (Å²) < 4.78 is 6.36. The summed E-state index contributed by atoms with van der Waals surface area (Å²) in [6.07, 6.45) is 0. The lowest BCUT2D eigenvalue weighted by Crippen LogP contribution is -2.48. The van der Waals surface area contributed by atoms with Crippen molar-refractivity contribution < 1.29 is 14.5 Å². The molecule has 3 aromatic rings. The van der Waals surface area contributed by atoms with Crippen molar-refractivity contribution >= 4 is 33.0 Å². The van der Waals surface area contributed by atoms with Crippen molar-refractivity contribution in [1.82, 2.24) is 9.80 Å². The predicted octanol–water partition coefficient (Wildman–Crippen LogP) is 4.08. The van der Waals surface area contributed by atoms with E-state index in [9.17, 15) is 14.9 Å². The Morgan fingerprint density at radius 3 is 2.60 bits per heavy atom. The van der Waals surface area contributed by atoms with Gasteiger partial charge in [-0.2, -0.15) is 0 Å². The number of carbonyl (C=O) groups excluding carboxylic acids is 1. The van der Waals surface area contributed by atoms with Crippen molar-refractivity contribution in [3.63, 3.8) is 0 Å². The number of nitrogens with zero attached hydrogens (tertiary/aromatic N) is 3. The summed E-state index contributed by atoms with van der Waals surface area (Å²) in [6, 6.07) is 12.7. The number of non-ortho nitro benzene ring substituents is 1. The maximum absolute atomic E-state index is 13.0. The third-order valence-electron chi connectivity index (χ3n) is 5.41. The molecular weight excluding hydrogens is 402 g/mol. The molecule has 2 aromatic carbocycles. The second kappa shape index (κ2) is 8.41. The Balaban J connectivity index is 1.41. The summed E-state index contributed by atoms with van der Waals surface area (Å²) in [4.78, 5) is 28.3. The Morgan fingerprint density at radius 2 is 1.90 bits per heavy atom. The van der Waals surface area contributed by atoms with Gasteiger partial charge in [0.1, 0.15) is 5.75 Å². The van der Waals surface area contributed by atoms with Crippen molar-refractivity contribution in [1.29, 1.82) is 0 Å². The Kier molecular flexibility index (Phi) is 5.69. The highest BCUT2D eigenvalue weighted by molar-refractivity contribution is 7.20. The second-order valence-electron chi connectivity index (χ2n) is 7.47. The van der Waals surface area contributed by atoms with Crippen LogP contribution < -0.4 is 4.74 Å². The molecule has 156 valence electrons. The minimum absolute atomic E-state index is 0.00774. The number of piperazine rings is 1. The first-order valence-electron chi connectivity index (χ1n) is 9.78. The van der Waals surface area contributed by atoms with Crippen molar-refractivity contribution in [3.8, 4) is 5.75 Å². The number of amides is 1. The van der Waals surface area contributed by atoms with E-state index in [0.717, 1.165) is 41.0 Å². The lowest BCUT2D eigenvalue weighted by atomic mass is 10.1. The van der Waals surface area contributed by atoms with E-state index < -0.39 is 4.92 Å². The normalized spacial score (nSPS) is 14.8. The average molecular weight is 426 g/mol. The summed E-state index contributed by atoms with van der Waals surface area (Å²) >= 11 is 1.39. The molecule has 8 heteroatoms. The van der Waals surface area contributed by atoms with Crippen molar-refractivity contribution in [2.75, 3.05) is 33.3 Å². The first kappa shape index (κ1) is 20.3. The largest absolute Gasteiger partial charge is 0.496 e. The van der Waals surface area contributed by atoms with E-state index in [0.29, 0.717) is 18.0 Å². The number of thiophene rings is 1. The fourth-order valence-corrected chi connectivity index (χ4v) is 4.80. The Hall–Kier alpha value is -2.97. The van der Waals surface area contributed by atoms with Crippen LogP contribution in [-0.4, -0.2) is 53.9 Å². The smallest absolute Gasteiger partial charge is 0.270 e. The molecule has 1 aliphatic heterocycles. The average Bonchev–Trinajstić information content (AvgIpc) is 3.17. The molecule has 0 saturated carbocycles. The molecule has 7 nitrogen and oxygen atoms in total. The number of ether oxygens (including phenoxy) is 1. The van der Waals surface area contributed by atoms with Crippen molar-refractivity contribution in [2.24, 2.45) is 0 Å². The van der Waals surface area contributed by atoms with Crippen LogP contribution in [0, 0.1) is 17.0 Å². The molecule has 0 atom stereocenters. The monoisotopic (exact) mass is 425 g/mol. The van der Waals surface area contributed by atoms with Crippen LogP contribution in [0.5, 0.6) is 5.75 Å². The van der Waals surface area contributed by atoms with Gasteiger partial charge in [-0.3, -0.25) is 19.8 Å². The van der Waals surface area contributed by atoms with Crippen molar-refractivity contribution in [2.45, 2.75) is 13.5 Å². The number of carbonyl (C=O) groups is 1. The van der Waals surface area contributed by atoms with E-state index in [1.54, 1.807) is 19.2 Å². The summed E-state index contributed by atoms with van der Waals surface area (Å²) in [6.45, 7) is 5.75. The quantitative estimate of drug-likeness (QED) is 0.455. The highest BCUT2D eigenvalue weighted by Crippen LogP contribution is 2.30. The van der Waals surface area contributed by atoms with Crippen LogP contribution >= 0.6 is 11.3 Å². The summed E-state index contributed by atoms with van der Waals surface area (Å²) in [5.74, 6) is 0.880. The summed E-state index contributed by atoms with van der Waals surface area (Å²) in [5, 5.41) is 11.7. The maximum Gasteiger partial charge on any atom is 0.270 e. The third-order valence-corrected chi connectivity index (χ3v) is 6.51. The number of benzene rings is 2. The molecule has 0 aliphatic carbocycles. The number of hydrogen-bond acceptors (Lipinski definition) is 6. The number of nitro groups is 1. The minimum atomic E-state index is -0.416. The van der Waals surface area contributed by atoms with Gasteiger partial charge in [0.25, 0.3) is 11.6 Å². The van der Waals surface area contributed by atoms with Crippen LogP contribution in [-0.2, 0) is 6.54 Å². The molecule has 1 aliphatic rings. The van der Waals surface area contributed by atoms with Gasteiger partial charge >= 0.3 is 0 Å². The van der Waals surface area contributed by atoms with E-state index in [-0.39, 0.29) is 11.6 Å². The van der Waals surface area contributed by atoms with Crippen LogP contribution in [0.3, 0.4) is 0 Å². The van der Waals surface area contributed by atoms with E-state index in [1.165, 1.54) is 29.0 Å². The zero-order chi connectivity index (χ0) is 21.3. The standard InChI is InChI=1S/C22H23N3O4S/c1-15-3-5-19(29-2)17(11-15)14-23-7-9-24(10-8-23)22(26)21-13-16-12-18(25(27)28)4-6-20(16)30-21/h3-6,11-13H,7-10,14H2,1-2H3. The fourth-order valence-electron chi connectivity index (χ4n) is 3.79. The molecule has 1 saturated heterocycles. The zero-order valence-electron chi connectivity index (χ0n) is 17.0. The highest BCUT2D eigenvalue weighted by atomic mass is 32.1. The number of rotatable bonds is 5. The number of nitro benzene ring substituents is 1. The molecule has 0 N–H and O–H groups in total. The SMILES string of the molecule is COc1ccc(C)cc1CN1CCN(C(=O)c2cc3cc([N+](=O)[O-])ccc3s2)CC1. The van der Waals surface area contributed by atoms with Crippen LogP contribution in [0.2, 0.25) is 0 Å². The van der Waals surface area contributed by atoms with Crippen LogP contribution in [0.1, 0.15) is 20.8 Å². The molecule has 0 bridgehead atoms. The lowest BCUT2D eigenvalue weighted by molar-refractivity contribution is -0.384. The van der Waals surface area contributed by atoms with Gasteiger partial charge in [0, 0.05) is 60.5 Å². The molecule has 0 spiro atoms. The van der Waals surface area contributed by atoms with Crippen molar-refractivity contribution in [3.05, 3.63) is 68.6 Å². The van der Waals surface area contributed by atoms with E-state index >= 15 is 0 Å². The summed E-state index contributed by atoms with van der Waals surface area (Å²) in [7, 11) is 1.68. The number of fused-ring (bicyclic) bond motifs is 1. The molecule has 4 rings (SSSR count). The number of aryl methyl sites for hydroxylation is 1. The molecular formula is C22H23N3O4S. The van der Waals surface area contributed by atoms with E-state index in [4.69, 9.17) is 4.74 Å². The molecule has 1 amide bonds. The summed E-state index contributed by atoms with van der Waals surface area (Å²) in [5.41, 5.74) is 2.40. The first-order valence-corrected chi connectivity index (χ1v) is 10.6. The molecule has 0 radical (unpaired) electrons. The van der Waals surface area contributed by atoms with Crippen LogP contribution in [0.25, 0.3) is 10.1 Å². The molecule has 1 aromatic heterocycles. The van der Waals surface area contributed by atoms with E-state index in [1.807, 2.05) is 17.0 Å². The topological polar surface area (TPSA) is 75.9 Å². The molecule has 0 unspecified atom stereocenters. The van der Waals surface area contributed by atoms with Gasteiger partial charge in [0.15, 0.2) is 0 Å². The van der Waals surface area contributed by atoms with E-state index in [2.05, 4.69) is 17.9 Å². The third kappa shape index (κ3) is 4.15. The number of hydrogen-bond donors (Lipinski definition) is 0. The maximum atomic E-state index is 13.0. The molecule has 30 heavy (non-hydrogen) atoms. The first-order chi connectivity index (χ1) is 14.4. The Labute approximate surface area is 178 Å². The number of methoxy groups -OCH3 is 1. The second-order valence-corrected chi connectivity index (χ2v) is 8.56. The minimum Gasteiger partial charge on any atom is -0.496 e. The van der Waals surface area contributed by atoms with Gasteiger partial charge in [-0.05, 0) is 25.1 Å². The van der Waals surface area contributed by atoms with Gasteiger partial charge < -0.3 is 9.64 Å². The Bertz CT molecular complexity index is 1100. The molecule has 1 fully saturated rings. The fraction of sp³-hybridized carbons (Fsp3) is 0.318. The van der Waals surface area contributed by atoms with Gasteiger partial charge in [-0.1, -0.05) is 17.7 Å².